The Morgan fingerprint density at radius 2 is 2.40 bits per heavy atom. The van der Waals surface area contributed by atoms with E-state index in [9.17, 15) is 4.79 Å². The number of rotatable bonds is 1. The van der Waals surface area contributed by atoms with Gasteiger partial charge in [-0.1, -0.05) is 6.92 Å². The molecular formula is C12H17NOS. The van der Waals surface area contributed by atoms with Crippen molar-refractivity contribution in [1.82, 2.24) is 4.90 Å². The lowest BCUT2D eigenvalue weighted by Crippen LogP contribution is -2.38. The quantitative estimate of drug-likeness (QED) is 0.717. The van der Waals surface area contributed by atoms with Gasteiger partial charge in [-0.25, -0.2) is 0 Å². The van der Waals surface area contributed by atoms with Crippen LogP contribution in [0.4, 0.5) is 0 Å². The first-order valence-corrected chi connectivity index (χ1v) is 6.40. The Labute approximate surface area is 94.9 Å². The highest BCUT2D eigenvalue weighted by molar-refractivity contribution is 7.12. The van der Waals surface area contributed by atoms with Gasteiger partial charge in [-0.05, 0) is 42.7 Å². The van der Waals surface area contributed by atoms with Crippen LogP contribution < -0.4 is 0 Å². The molecule has 1 atom stereocenters. The molecule has 1 unspecified atom stereocenters. The standard InChI is InChI=1S/C12H17NOS/c1-9-4-3-6-13(8-9)12(14)11-10(2)5-7-15-11/h5,7,9H,3-4,6,8H2,1-2H3. The maximum atomic E-state index is 12.2. The van der Waals surface area contributed by atoms with Crippen molar-refractivity contribution in [3.8, 4) is 0 Å². The number of nitrogens with zero attached hydrogens (tertiary/aromatic N) is 1. The highest BCUT2D eigenvalue weighted by atomic mass is 32.1. The molecule has 0 radical (unpaired) electrons. The molecule has 2 nitrogen and oxygen atoms in total. The van der Waals surface area contributed by atoms with Crippen LogP contribution in [0.1, 0.15) is 35.0 Å². The van der Waals surface area contributed by atoms with Gasteiger partial charge >= 0.3 is 0 Å². The third kappa shape index (κ3) is 2.23. The van der Waals surface area contributed by atoms with E-state index in [0.717, 1.165) is 30.0 Å². The van der Waals surface area contributed by atoms with E-state index in [0.29, 0.717) is 5.92 Å². The lowest BCUT2D eigenvalue weighted by atomic mass is 10.00. The molecule has 0 bridgehead atoms. The van der Waals surface area contributed by atoms with Gasteiger partial charge in [-0.3, -0.25) is 4.79 Å². The fourth-order valence-corrected chi connectivity index (χ4v) is 3.00. The summed E-state index contributed by atoms with van der Waals surface area (Å²) in [4.78, 5) is 15.1. The predicted molar refractivity (Wildman–Crippen MR) is 63.4 cm³/mol. The van der Waals surface area contributed by atoms with Crippen molar-refractivity contribution in [3.63, 3.8) is 0 Å². The summed E-state index contributed by atoms with van der Waals surface area (Å²) in [6.45, 7) is 6.09. The minimum absolute atomic E-state index is 0.231. The smallest absolute Gasteiger partial charge is 0.264 e. The fraction of sp³-hybridized carbons (Fsp3) is 0.583. The second-order valence-corrected chi connectivity index (χ2v) is 5.35. The highest BCUT2D eigenvalue weighted by Crippen LogP contribution is 2.22. The van der Waals surface area contributed by atoms with Crippen molar-refractivity contribution in [1.29, 1.82) is 0 Å². The van der Waals surface area contributed by atoms with Gasteiger partial charge < -0.3 is 4.90 Å². The van der Waals surface area contributed by atoms with Crippen molar-refractivity contribution >= 4 is 17.2 Å². The number of carbonyl (C=O) groups excluding carboxylic acids is 1. The maximum absolute atomic E-state index is 12.2. The van der Waals surface area contributed by atoms with Gasteiger partial charge in [0.25, 0.3) is 5.91 Å². The highest BCUT2D eigenvalue weighted by Gasteiger charge is 2.23. The average Bonchev–Trinajstić information content (AvgIpc) is 2.63. The molecule has 1 aromatic heterocycles. The van der Waals surface area contributed by atoms with Gasteiger partial charge in [0.1, 0.15) is 0 Å². The van der Waals surface area contributed by atoms with Crippen LogP contribution in [-0.4, -0.2) is 23.9 Å². The van der Waals surface area contributed by atoms with E-state index in [4.69, 9.17) is 0 Å². The number of hydrogen-bond donors (Lipinski definition) is 0. The van der Waals surface area contributed by atoms with Gasteiger partial charge in [0.2, 0.25) is 0 Å². The van der Waals surface area contributed by atoms with Gasteiger partial charge in [0.05, 0.1) is 4.88 Å². The molecule has 3 heteroatoms. The average molecular weight is 223 g/mol. The molecule has 1 amide bonds. The van der Waals surface area contributed by atoms with E-state index in [1.165, 1.54) is 6.42 Å². The van der Waals surface area contributed by atoms with Crippen molar-refractivity contribution in [3.05, 3.63) is 21.9 Å². The molecule has 0 aliphatic carbocycles. The fourth-order valence-electron chi connectivity index (χ4n) is 2.11. The van der Waals surface area contributed by atoms with E-state index in [2.05, 4.69) is 6.92 Å². The van der Waals surface area contributed by atoms with E-state index in [1.807, 2.05) is 23.3 Å². The zero-order valence-electron chi connectivity index (χ0n) is 9.32. The number of thiophene rings is 1. The number of hydrogen-bond acceptors (Lipinski definition) is 2. The number of aryl methyl sites for hydroxylation is 1. The van der Waals surface area contributed by atoms with Crippen LogP contribution in [0.25, 0.3) is 0 Å². The summed E-state index contributed by atoms with van der Waals surface area (Å²) >= 11 is 1.56. The van der Waals surface area contributed by atoms with Gasteiger partial charge in [0, 0.05) is 13.1 Å². The first-order valence-electron chi connectivity index (χ1n) is 5.52. The summed E-state index contributed by atoms with van der Waals surface area (Å²) in [6.07, 6.45) is 2.41. The van der Waals surface area contributed by atoms with E-state index in [1.54, 1.807) is 11.3 Å². The summed E-state index contributed by atoms with van der Waals surface area (Å²) < 4.78 is 0. The SMILES string of the molecule is Cc1ccsc1C(=O)N1CCCC(C)C1. The molecule has 0 aromatic carbocycles. The molecule has 1 aromatic rings. The van der Waals surface area contributed by atoms with Crippen molar-refractivity contribution in [2.75, 3.05) is 13.1 Å². The minimum atomic E-state index is 0.231. The number of carbonyl (C=O) groups is 1. The maximum Gasteiger partial charge on any atom is 0.264 e. The van der Waals surface area contributed by atoms with E-state index >= 15 is 0 Å². The summed E-state index contributed by atoms with van der Waals surface area (Å²) in [5, 5.41) is 2.00. The van der Waals surface area contributed by atoms with E-state index < -0.39 is 0 Å². The van der Waals surface area contributed by atoms with Crippen LogP contribution in [0.3, 0.4) is 0 Å². The molecule has 0 saturated carbocycles. The molecule has 0 N–H and O–H groups in total. The third-order valence-electron chi connectivity index (χ3n) is 3.00. The normalized spacial score (nSPS) is 21.7. The number of amides is 1. The second-order valence-electron chi connectivity index (χ2n) is 4.43. The molecule has 1 saturated heterocycles. The van der Waals surface area contributed by atoms with Gasteiger partial charge in [0.15, 0.2) is 0 Å². The Morgan fingerprint density at radius 1 is 1.60 bits per heavy atom. The van der Waals surface area contributed by atoms with Crippen LogP contribution in [0.2, 0.25) is 0 Å². The minimum Gasteiger partial charge on any atom is -0.338 e. The Kier molecular flexibility index (Phi) is 3.10. The molecule has 1 fully saturated rings. The summed E-state index contributed by atoms with van der Waals surface area (Å²) in [5.41, 5.74) is 1.11. The van der Waals surface area contributed by atoms with Crippen molar-refractivity contribution in [2.45, 2.75) is 26.7 Å². The monoisotopic (exact) mass is 223 g/mol. The molecule has 1 aliphatic rings. The van der Waals surface area contributed by atoms with Crippen LogP contribution in [-0.2, 0) is 0 Å². The topological polar surface area (TPSA) is 20.3 Å². The zero-order chi connectivity index (χ0) is 10.8. The van der Waals surface area contributed by atoms with Gasteiger partial charge in [-0.2, -0.15) is 0 Å². The molecule has 2 heterocycles. The lowest BCUT2D eigenvalue weighted by molar-refractivity contribution is 0.0687. The molecule has 1 aliphatic heterocycles. The number of likely N-dealkylation sites (tertiary alicyclic amines) is 1. The Bertz CT molecular complexity index is 358. The first-order chi connectivity index (χ1) is 7.18. The first kappa shape index (κ1) is 10.7. The Morgan fingerprint density at radius 3 is 3.00 bits per heavy atom. The van der Waals surface area contributed by atoms with Crippen LogP contribution in [0.5, 0.6) is 0 Å². The van der Waals surface area contributed by atoms with Crippen LogP contribution >= 0.6 is 11.3 Å². The summed E-state index contributed by atoms with van der Waals surface area (Å²) in [7, 11) is 0. The third-order valence-corrected chi connectivity index (χ3v) is 4.01. The second kappa shape index (κ2) is 4.35. The van der Waals surface area contributed by atoms with Crippen LogP contribution in [0, 0.1) is 12.8 Å². The molecular weight excluding hydrogens is 206 g/mol. The van der Waals surface area contributed by atoms with Crippen molar-refractivity contribution in [2.24, 2.45) is 5.92 Å². The largest absolute Gasteiger partial charge is 0.338 e. The van der Waals surface area contributed by atoms with Crippen LogP contribution in [0.15, 0.2) is 11.4 Å². The Balaban J connectivity index is 2.11. The lowest BCUT2D eigenvalue weighted by Gasteiger charge is -2.30. The molecule has 0 spiro atoms. The van der Waals surface area contributed by atoms with Gasteiger partial charge in [-0.15, -0.1) is 11.3 Å². The molecule has 2 rings (SSSR count). The Hall–Kier alpha value is -0.830. The predicted octanol–water partition coefficient (Wildman–Crippen LogP) is 2.93. The zero-order valence-corrected chi connectivity index (χ0v) is 10.1. The number of piperidine rings is 1. The summed E-state index contributed by atoms with van der Waals surface area (Å²) in [6, 6.07) is 2.02. The van der Waals surface area contributed by atoms with Crippen molar-refractivity contribution < 1.29 is 4.79 Å². The molecule has 82 valence electrons. The molecule has 15 heavy (non-hydrogen) atoms. The van der Waals surface area contributed by atoms with E-state index in [-0.39, 0.29) is 5.91 Å². The summed E-state index contributed by atoms with van der Waals surface area (Å²) in [5.74, 6) is 0.886.